The molecule has 0 aromatic carbocycles. The van der Waals surface area contributed by atoms with E-state index in [0.29, 0.717) is 0 Å². The molecule has 0 radical (unpaired) electrons. The maximum absolute atomic E-state index is 5.99. The lowest BCUT2D eigenvalue weighted by Crippen LogP contribution is -3.00. The molecular formula is C34H76Br2N4O2+2. The Labute approximate surface area is 285 Å². The minimum Gasteiger partial charge on any atom is -1.00 e. The first-order chi connectivity index (χ1) is 19.3. The predicted octanol–water partition coefficient (Wildman–Crippen LogP) is -0.192. The molecule has 2 fully saturated rings. The van der Waals surface area contributed by atoms with E-state index in [1.807, 2.05) is 0 Å². The van der Waals surface area contributed by atoms with E-state index in [2.05, 4.69) is 55.4 Å². The van der Waals surface area contributed by atoms with Crippen molar-refractivity contribution >= 4 is 0 Å². The zero-order valence-corrected chi connectivity index (χ0v) is 32.9. The van der Waals surface area contributed by atoms with Crippen molar-refractivity contribution in [2.24, 2.45) is 0 Å². The summed E-state index contributed by atoms with van der Waals surface area (Å²) in [6.45, 7) is 42.5. The van der Waals surface area contributed by atoms with Crippen molar-refractivity contribution in [1.29, 1.82) is 0 Å². The number of rotatable bonds is 20. The first-order valence-electron chi connectivity index (χ1n) is 17.9. The number of hydrogen-bond donors (Lipinski definition) is 0. The lowest BCUT2D eigenvalue weighted by atomic mass is 10.1. The lowest BCUT2D eigenvalue weighted by molar-refractivity contribution is -0.932. The molecule has 2 aliphatic heterocycles. The van der Waals surface area contributed by atoms with Crippen molar-refractivity contribution in [1.82, 2.24) is 0 Å². The Morgan fingerprint density at radius 1 is 0.429 bits per heavy atom. The molecule has 2 rings (SSSR count). The van der Waals surface area contributed by atoms with Gasteiger partial charge in [0.1, 0.15) is 26.2 Å². The van der Waals surface area contributed by atoms with E-state index in [1.54, 1.807) is 0 Å². The van der Waals surface area contributed by atoms with Gasteiger partial charge in [-0.1, -0.05) is 0 Å². The summed E-state index contributed by atoms with van der Waals surface area (Å²) in [6, 6.07) is 0. The quantitative estimate of drug-likeness (QED) is 0.128. The highest BCUT2D eigenvalue weighted by Crippen LogP contribution is 2.19. The number of likely N-dealkylation sites (N-methyl/N-ethyl adjacent to an activating group) is 4. The summed E-state index contributed by atoms with van der Waals surface area (Å²) in [5.74, 6) is 0. The van der Waals surface area contributed by atoms with Gasteiger partial charge in [0.05, 0.1) is 105 Å². The molecule has 2 heterocycles. The molecule has 0 saturated carbocycles. The van der Waals surface area contributed by atoms with E-state index in [-0.39, 0.29) is 34.0 Å². The second kappa shape index (κ2) is 24.9. The Hall–Kier alpha value is 0.720. The van der Waals surface area contributed by atoms with Crippen LogP contribution in [0.4, 0.5) is 0 Å². The van der Waals surface area contributed by atoms with Crippen LogP contribution < -0.4 is 34.0 Å². The van der Waals surface area contributed by atoms with Crippen LogP contribution in [0.3, 0.4) is 0 Å². The maximum Gasteiger partial charge on any atom is 0.102 e. The Kier molecular flexibility index (Phi) is 26.6. The average Bonchev–Trinajstić information content (AvgIpc) is 3.02. The summed E-state index contributed by atoms with van der Waals surface area (Å²) >= 11 is 0. The minimum absolute atomic E-state index is 0. The van der Waals surface area contributed by atoms with Gasteiger partial charge in [-0.2, -0.15) is 0 Å². The van der Waals surface area contributed by atoms with Gasteiger partial charge in [-0.15, -0.1) is 0 Å². The van der Waals surface area contributed by atoms with Crippen LogP contribution in [0.1, 0.15) is 93.9 Å². The van der Waals surface area contributed by atoms with Gasteiger partial charge >= 0.3 is 0 Å². The normalized spacial score (nSPS) is 18.3. The molecule has 6 nitrogen and oxygen atoms in total. The van der Waals surface area contributed by atoms with Crippen molar-refractivity contribution in [2.75, 3.05) is 131 Å². The second-order valence-corrected chi connectivity index (χ2v) is 13.0. The van der Waals surface area contributed by atoms with Gasteiger partial charge in [0.25, 0.3) is 0 Å². The standard InChI is InChI=1S/2C17H38N2O.2BrH/c2*1-5-18(6-2,7-3)14-16-20-17-15-19(8-4)12-10-9-11-13-19;;/h2*5-17H2,1-4H3;2*1H/q2*+2;;/p-2. The Bertz CT molecular complexity index is 538. The van der Waals surface area contributed by atoms with Crippen LogP contribution in [0.2, 0.25) is 0 Å². The van der Waals surface area contributed by atoms with Crippen LogP contribution >= 0.6 is 0 Å². The van der Waals surface area contributed by atoms with E-state index >= 15 is 0 Å². The van der Waals surface area contributed by atoms with Crippen molar-refractivity contribution in [3.8, 4) is 0 Å². The van der Waals surface area contributed by atoms with Crippen LogP contribution in [0.25, 0.3) is 0 Å². The van der Waals surface area contributed by atoms with E-state index in [0.717, 1.165) is 26.4 Å². The topological polar surface area (TPSA) is 18.5 Å². The summed E-state index contributed by atoms with van der Waals surface area (Å²) in [5.41, 5.74) is 0. The Balaban J connectivity index is 0. The number of ether oxygens (including phenoxy) is 2. The molecule has 0 aliphatic carbocycles. The summed E-state index contributed by atoms with van der Waals surface area (Å²) in [6.07, 6.45) is 8.52. The molecule has 0 atom stereocenters. The summed E-state index contributed by atoms with van der Waals surface area (Å²) in [7, 11) is 0. The molecule has 0 N–H and O–H groups in total. The zero-order chi connectivity index (χ0) is 29.8. The molecule has 0 aromatic heterocycles. The van der Waals surface area contributed by atoms with Crippen molar-refractivity contribution in [2.45, 2.75) is 93.9 Å². The van der Waals surface area contributed by atoms with Gasteiger partial charge in [0, 0.05) is 0 Å². The number of nitrogens with zero attached hydrogens (tertiary/aromatic N) is 4. The first-order valence-corrected chi connectivity index (χ1v) is 17.9. The summed E-state index contributed by atoms with van der Waals surface area (Å²) in [4.78, 5) is 0. The highest BCUT2D eigenvalue weighted by molar-refractivity contribution is 4.54. The van der Waals surface area contributed by atoms with Crippen LogP contribution in [-0.4, -0.2) is 149 Å². The molecule has 0 amide bonds. The highest BCUT2D eigenvalue weighted by atomic mass is 79.9. The molecule has 2 saturated heterocycles. The number of likely N-dealkylation sites (tertiary alicyclic amines) is 2. The first kappa shape index (κ1) is 44.8. The van der Waals surface area contributed by atoms with Crippen LogP contribution in [-0.2, 0) is 9.47 Å². The second-order valence-electron chi connectivity index (χ2n) is 13.0. The number of piperidine rings is 2. The van der Waals surface area contributed by atoms with Crippen LogP contribution in [0.15, 0.2) is 0 Å². The molecule has 42 heavy (non-hydrogen) atoms. The lowest BCUT2D eigenvalue weighted by Gasteiger charge is -2.41. The van der Waals surface area contributed by atoms with Crippen LogP contribution in [0.5, 0.6) is 0 Å². The Morgan fingerprint density at radius 2 is 0.714 bits per heavy atom. The van der Waals surface area contributed by atoms with Gasteiger partial charge in [-0.25, -0.2) is 0 Å². The fourth-order valence-electron chi connectivity index (χ4n) is 7.29. The Morgan fingerprint density at radius 3 is 0.952 bits per heavy atom. The van der Waals surface area contributed by atoms with Crippen molar-refractivity contribution in [3.63, 3.8) is 0 Å². The van der Waals surface area contributed by atoms with Crippen molar-refractivity contribution in [3.05, 3.63) is 0 Å². The molecule has 256 valence electrons. The summed E-state index contributed by atoms with van der Waals surface area (Å²) in [5, 5.41) is 0. The van der Waals surface area contributed by atoms with Gasteiger partial charge in [0.15, 0.2) is 0 Å². The van der Waals surface area contributed by atoms with Gasteiger partial charge in [-0.3, -0.25) is 0 Å². The van der Waals surface area contributed by atoms with Gasteiger partial charge in [0.2, 0.25) is 0 Å². The minimum atomic E-state index is 0. The molecule has 0 unspecified atom stereocenters. The molecule has 0 spiro atoms. The third-order valence-electron chi connectivity index (χ3n) is 11.7. The fraction of sp³-hybridized carbons (Fsp3) is 1.00. The summed E-state index contributed by atoms with van der Waals surface area (Å²) < 4.78 is 17.0. The third kappa shape index (κ3) is 15.3. The molecule has 2 aliphatic rings. The van der Waals surface area contributed by atoms with E-state index in [1.165, 1.54) is 161 Å². The zero-order valence-electron chi connectivity index (χ0n) is 29.7. The fourth-order valence-corrected chi connectivity index (χ4v) is 7.29. The highest BCUT2D eigenvalue weighted by Gasteiger charge is 2.29. The molecular weight excluding hydrogens is 656 g/mol. The predicted molar refractivity (Wildman–Crippen MR) is 174 cm³/mol. The van der Waals surface area contributed by atoms with E-state index in [9.17, 15) is 0 Å². The van der Waals surface area contributed by atoms with Crippen molar-refractivity contribution < 1.29 is 61.4 Å². The van der Waals surface area contributed by atoms with E-state index < -0.39 is 0 Å². The molecule has 0 bridgehead atoms. The van der Waals surface area contributed by atoms with Gasteiger partial charge < -0.3 is 61.4 Å². The number of hydrogen-bond acceptors (Lipinski definition) is 2. The smallest absolute Gasteiger partial charge is 0.102 e. The number of quaternary nitrogens is 4. The SMILES string of the molecule is CC[N+](CC)(CC)CCOCC[N+]1(CC)CCCCC1.CC[N+](CC)(CC)CCOCC[N+]1(CC)CCCCC1.[Br-].[Br-]. The maximum atomic E-state index is 5.99. The monoisotopic (exact) mass is 730 g/mol. The largest absolute Gasteiger partial charge is 1.00 e. The van der Waals surface area contributed by atoms with E-state index in [4.69, 9.17) is 9.47 Å². The average molecular weight is 733 g/mol. The molecule has 8 heteroatoms. The van der Waals surface area contributed by atoms with Crippen LogP contribution in [0, 0.1) is 0 Å². The number of halogens is 2. The van der Waals surface area contributed by atoms with Gasteiger partial charge in [-0.05, 0) is 93.9 Å². The molecule has 0 aromatic rings. The third-order valence-corrected chi connectivity index (χ3v) is 11.7.